The minimum atomic E-state index is -2.88. The number of ketones is 1. The van der Waals surface area contributed by atoms with Gasteiger partial charge in [0, 0.05) is 5.56 Å². The van der Waals surface area contributed by atoms with Crippen LogP contribution >= 0.6 is 15.9 Å². The first-order valence-corrected chi connectivity index (χ1v) is 5.56. The largest absolute Gasteiger partial charge is 0.435 e. The first-order chi connectivity index (χ1) is 7.40. The Hall–Kier alpha value is -0.970. The monoisotopic (exact) mass is 292 g/mol. The number of alkyl halides is 3. The number of hydrogen-bond acceptors (Lipinski definition) is 2. The number of halogens is 3. The predicted molar refractivity (Wildman–Crippen MR) is 60.5 cm³/mol. The van der Waals surface area contributed by atoms with Crippen LogP contribution in [0.1, 0.15) is 22.8 Å². The molecular weight excluding hydrogens is 282 g/mol. The number of benzene rings is 1. The van der Waals surface area contributed by atoms with E-state index in [4.69, 9.17) is 0 Å². The zero-order chi connectivity index (χ0) is 12.3. The molecule has 1 aromatic carbocycles. The quantitative estimate of drug-likeness (QED) is 0.626. The Morgan fingerprint density at radius 2 is 2.00 bits per heavy atom. The molecule has 1 unspecified atom stereocenters. The van der Waals surface area contributed by atoms with Gasteiger partial charge in [0.05, 0.1) is 4.83 Å². The maximum atomic E-state index is 12.0. The fourth-order valence-electron chi connectivity index (χ4n) is 1.29. The van der Waals surface area contributed by atoms with Gasteiger partial charge < -0.3 is 4.74 Å². The van der Waals surface area contributed by atoms with Crippen LogP contribution in [-0.2, 0) is 0 Å². The summed E-state index contributed by atoms with van der Waals surface area (Å²) in [5.74, 6) is -0.158. The van der Waals surface area contributed by atoms with Crippen molar-refractivity contribution < 1.29 is 18.3 Å². The highest BCUT2D eigenvalue weighted by molar-refractivity contribution is 9.10. The topological polar surface area (TPSA) is 26.3 Å². The van der Waals surface area contributed by atoms with E-state index in [9.17, 15) is 13.6 Å². The zero-order valence-corrected chi connectivity index (χ0v) is 10.4. The van der Waals surface area contributed by atoms with Crippen molar-refractivity contribution in [3.63, 3.8) is 0 Å². The van der Waals surface area contributed by atoms with Gasteiger partial charge in [-0.15, -0.1) is 0 Å². The lowest BCUT2D eigenvalue weighted by molar-refractivity contribution is -0.0499. The molecule has 2 nitrogen and oxygen atoms in total. The molecule has 88 valence electrons. The van der Waals surface area contributed by atoms with Gasteiger partial charge in [-0.25, -0.2) is 0 Å². The molecule has 0 bridgehead atoms. The van der Waals surface area contributed by atoms with Crippen molar-refractivity contribution in [2.75, 3.05) is 0 Å². The molecule has 5 heteroatoms. The number of hydrogen-bond donors (Lipinski definition) is 0. The van der Waals surface area contributed by atoms with Gasteiger partial charge in [0.1, 0.15) is 5.75 Å². The summed E-state index contributed by atoms with van der Waals surface area (Å²) in [5, 5.41) is 0. The molecule has 0 aliphatic rings. The summed E-state index contributed by atoms with van der Waals surface area (Å²) in [6, 6.07) is 4.42. The Morgan fingerprint density at radius 3 is 2.50 bits per heavy atom. The van der Waals surface area contributed by atoms with Gasteiger partial charge in [-0.1, -0.05) is 15.9 Å². The number of rotatable bonds is 4. The molecule has 0 aliphatic carbocycles. The smallest absolute Gasteiger partial charge is 0.387 e. The summed E-state index contributed by atoms with van der Waals surface area (Å²) in [6.45, 7) is 0.512. The van der Waals surface area contributed by atoms with Crippen molar-refractivity contribution in [3.8, 4) is 5.75 Å². The van der Waals surface area contributed by atoms with E-state index in [2.05, 4.69) is 20.7 Å². The average molecular weight is 293 g/mol. The maximum absolute atomic E-state index is 12.0. The van der Waals surface area contributed by atoms with Gasteiger partial charge in [0.15, 0.2) is 5.78 Å². The molecule has 0 aromatic heterocycles. The molecule has 0 saturated heterocycles. The lowest BCUT2D eigenvalue weighted by atomic mass is 10.1. The van der Waals surface area contributed by atoms with Crippen LogP contribution in [-0.4, -0.2) is 17.2 Å². The van der Waals surface area contributed by atoms with E-state index in [0.717, 1.165) is 0 Å². The number of aryl methyl sites for hydroxylation is 1. The molecule has 1 atom stereocenters. The maximum Gasteiger partial charge on any atom is 0.387 e. The normalized spacial score (nSPS) is 12.6. The molecule has 0 amide bonds. The first-order valence-electron chi connectivity index (χ1n) is 4.65. The van der Waals surface area contributed by atoms with E-state index in [0.29, 0.717) is 11.1 Å². The zero-order valence-electron chi connectivity index (χ0n) is 8.84. The van der Waals surface area contributed by atoms with E-state index >= 15 is 0 Å². The van der Waals surface area contributed by atoms with Gasteiger partial charge in [-0.3, -0.25) is 4.79 Å². The van der Waals surface area contributed by atoms with Crippen LogP contribution in [0.3, 0.4) is 0 Å². The SMILES string of the molecule is Cc1cc(OC(F)F)cc(C(=O)C(C)Br)c1. The van der Waals surface area contributed by atoms with Crippen molar-refractivity contribution in [1.82, 2.24) is 0 Å². The molecule has 1 rings (SSSR count). The van der Waals surface area contributed by atoms with Crippen molar-refractivity contribution >= 4 is 21.7 Å². The van der Waals surface area contributed by atoms with Crippen LogP contribution in [0.4, 0.5) is 8.78 Å². The van der Waals surface area contributed by atoms with Crippen LogP contribution in [0.5, 0.6) is 5.75 Å². The summed E-state index contributed by atoms with van der Waals surface area (Å²) < 4.78 is 28.3. The van der Waals surface area contributed by atoms with Crippen molar-refractivity contribution in [2.24, 2.45) is 0 Å². The van der Waals surface area contributed by atoms with Crippen LogP contribution in [0.2, 0.25) is 0 Å². The fraction of sp³-hybridized carbons (Fsp3) is 0.364. The number of ether oxygens (including phenoxy) is 1. The second-order valence-corrected chi connectivity index (χ2v) is 4.77. The molecular formula is C11H11BrF2O2. The molecule has 0 spiro atoms. The highest BCUT2D eigenvalue weighted by atomic mass is 79.9. The van der Waals surface area contributed by atoms with E-state index < -0.39 is 6.61 Å². The molecule has 0 radical (unpaired) electrons. The molecule has 0 heterocycles. The van der Waals surface area contributed by atoms with Crippen LogP contribution in [0.15, 0.2) is 18.2 Å². The van der Waals surface area contributed by atoms with Gasteiger partial charge >= 0.3 is 6.61 Å². The van der Waals surface area contributed by atoms with Crippen LogP contribution < -0.4 is 4.74 Å². The average Bonchev–Trinajstić information content (AvgIpc) is 2.14. The number of carbonyl (C=O) groups is 1. The van der Waals surface area contributed by atoms with E-state index in [1.807, 2.05) is 0 Å². The predicted octanol–water partition coefficient (Wildman–Crippen LogP) is 3.56. The van der Waals surface area contributed by atoms with E-state index in [1.165, 1.54) is 12.1 Å². The van der Waals surface area contributed by atoms with Gasteiger partial charge in [-0.2, -0.15) is 8.78 Å². The molecule has 0 saturated carbocycles. The van der Waals surface area contributed by atoms with Gasteiger partial charge in [0.2, 0.25) is 0 Å². The summed E-state index contributed by atoms with van der Waals surface area (Å²) in [6.07, 6.45) is 0. The summed E-state index contributed by atoms with van der Waals surface area (Å²) >= 11 is 3.14. The Balaban J connectivity index is 3.03. The van der Waals surface area contributed by atoms with Gasteiger partial charge in [-0.05, 0) is 37.6 Å². The number of Topliss-reactive ketones (excluding diaryl/α,β-unsaturated/α-hetero) is 1. The number of carbonyl (C=O) groups excluding carboxylic acids is 1. The second kappa shape index (κ2) is 5.39. The lowest BCUT2D eigenvalue weighted by Gasteiger charge is -2.09. The summed E-state index contributed by atoms with van der Waals surface area (Å²) in [7, 11) is 0. The Labute approximate surface area is 101 Å². The van der Waals surface area contributed by atoms with Crippen LogP contribution in [0, 0.1) is 6.92 Å². The molecule has 0 N–H and O–H groups in total. The Bertz CT molecular complexity index is 392. The van der Waals surface area contributed by atoms with E-state index in [-0.39, 0.29) is 16.4 Å². The molecule has 0 aliphatic heterocycles. The highest BCUT2D eigenvalue weighted by Gasteiger charge is 2.14. The fourth-order valence-corrected chi connectivity index (χ4v) is 1.56. The minimum Gasteiger partial charge on any atom is -0.435 e. The van der Waals surface area contributed by atoms with Gasteiger partial charge in [0.25, 0.3) is 0 Å². The standard InChI is InChI=1S/C11H11BrF2O2/c1-6-3-8(10(15)7(2)12)5-9(4-6)16-11(13)14/h3-5,7,11H,1-2H3. The Kier molecular flexibility index (Phi) is 4.41. The molecule has 0 fully saturated rings. The van der Waals surface area contributed by atoms with Crippen molar-refractivity contribution in [2.45, 2.75) is 25.3 Å². The minimum absolute atomic E-state index is 0.00602. The highest BCUT2D eigenvalue weighted by Crippen LogP contribution is 2.21. The third-order valence-corrected chi connectivity index (χ3v) is 2.34. The van der Waals surface area contributed by atoms with Crippen molar-refractivity contribution in [1.29, 1.82) is 0 Å². The first kappa shape index (κ1) is 13.1. The Morgan fingerprint density at radius 1 is 1.38 bits per heavy atom. The van der Waals surface area contributed by atoms with Crippen LogP contribution in [0.25, 0.3) is 0 Å². The summed E-state index contributed by atoms with van der Waals surface area (Å²) in [4.78, 5) is 11.3. The van der Waals surface area contributed by atoms with Crippen molar-refractivity contribution in [3.05, 3.63) is 29.3 Å². The van der Waals surface area contributed by atoms with E-state index in [1.54, 1.807) is 19.9 Å². The molecule has 1 aromatic rings. The second-order valence-electron chi connectivity index (χ2n) is 3.39. The molecule has 16 heavy (non-hydrogen) atoms. The third kappa shape index (κ3) is 3.56. The lowest BCUT2D eigenvalue weighted by Crippen LogP contribution is -2.11. The third-order valence-electron chi connectivity index (χ3n) is 1.92. The summed E-state index contributed by atoms with van der Waals surface area (Å²) in [5.41, 5.74) is 1.06.